The summed E-state index contributed by atoms with van der Waals surface area (Å²) in [5.41, 5.74) is 0. The Morgan fingerprint density at radius 3 is 1.44 bits per heavy atom. The molecule has 0 bridgehead atoms. The van der Waals surface area contributed by atoms with Crippen LogP contribution in [0.3, 0.4) is 0 Å². The molecule has 0 atom stereocenters. The molecule has 3 aromatic rings. The largest absolute Gasteiger partial charge is 0.495 e. The van der Waals surface area contributed by atoms with E-state index in [2.05, 4.69) is 4.89 Å². The normalized spacial score (nSPS) is 10.8. The number of hydrogen-bond donors (Lipinski definition) is 1. The molecule has 0 aromatic heterocycles. The predicted octanol–water partition coefficient (Wildman–Crippen LogP) is 3.85. The lowest BCUT2D eigenvalue weighted by molar-refractivity contribution is -0.134. The van der Waals surface area contributed by atoms with Crippen molar-refractivity contribution in [2.45, 2.75) is 0 Å². The Labute approximate surface area is 104 Å². The minimum Gasteiger partial charge on any atom is -0.495 e. The van der Waals surface area contributed by atoms with Crippen molar-refractivity contribution in [1.82, 2.24) is 0 Å². The van der Waals surface area contributed by atoms with Gasteiger partial charge in [0.05, 0.1) is 7.11 Å². The molecule has 0 radical (unpaired) electrons. The summed E-state index contributed by atoms with van der Waals surface area (Å²) in [5.74, 6) is 1.25. The van der Waals surface area contributed by atoms with Crippen molar-refractivity contribution in [3.63, 3.8) is 0 Å². The summed E-state index contributed by atoms with van der Waals surface area (Å²) in [7, 11) is 1.65. The van der Waals surface area contributed by atoms with Gasteiger partial charge < -0.3 is 9.62 Å². The van der Waals surface area contributed by atoms with Crippen LogP contribution in [0.4, 0.5) is 0 Å². The van der Waals surface area contributed by atoms with Crippen molar-refractivity contribution in [3.05, 3.63) is 48.5 Å². The molecule has 0 aliphatic rings. The molecule has 0 amide bonds. The number of hydrogen-bond acceptors (Lipinski definition) is 3. The number of fused-ring (bicyclic) bond motifs is 2. The quantitative estimate of drug-likeness (QED) is 0.420. The standard InChI is InChI=1S/C15H12O3/c1-17-14-10-6-2-4-8-12(10)15(18-16)13-9-5-3-7-11(13)14/h2-9,16H,1H3. The van der Waals surface area contributed by atoms with Crippen molar-refractivity contribution in [1.29, 1.82) is 0 Å². The highest BCUT2D eigenvalue weighted by Gasteiger charge is 2.14. The first kappa shape index (κ1) is 10.9. The fraction of sp³-hybridized carbons (Fsp3) is 0.0667. The summed E-state index contributed by atoms with van der Waals surface area (Å²) in [6.07, 6.45) is 0. The highest BCUT2D eigenvalue weighted by molar-refractivity contribution is 6.10. The maximum Gasteiger partial charge on any atom is 0.180 e. The van der Waals surface area contributed by atoms with Gasteiger partial charge in [0.25, 0.3) is 0 Å². The van der Waals surface area contributed by atoms with E-state index >= 15 is 0 Å². The van der Waals surface area contributed by atoms with Gasteiger partial charge in [0, 0.05) is 21.5 Å². The van der Waals surface area contributed by atoms with Crippen LogP contribution in [0.2, 0.25) is 0 Å². The first-order valence-corrected chi connectivity index (χ1v) is 5.65. The van der Waals surface area contributed by atoms with Crippen molar-refractivity contribution >= 4 is 21.5 Å². The highest BCUT2D eigenvalue weighted by atomic mass is 17.1. The van der Waals surface area contributed by atoms with Crippen molar-refractivity contribution in [2.75, 3.05) is 7.11 Å². The number of rotatable bonds is 2. The van der Waals surface area contributed by atoms with Gasteiger partial charge in [0.15, 0.2) is 5.75 Å². The molecule has 3 aromatic carbocycles. The first-order valence-electron chi connectivity index (χ1n) is 5.65. The van der Waals surface area contributed by atoms with Gasteiger partial charge in [-0.3, -0.25) is 0 Å². The molecular weight excluding hydrogens is 228 g/mol. The van der Waals surface area contributed by atoms with E-state index in [1.165, 1.54) is 0 Å². The molecule has 1 N–H and O–H groups in total. The summed E-state index contributed by atoms with van der Waals surface area (Å²) < 4.78 is 5.50. The molecule has 0 aliphatic heterocycles. The Morgan fingerprint density at radius 2 is 1.11 bits per heavy atom. The molecule has 3 heteroatoms. The Hall–Kier alpha value is -2.26. The fourth-order valence-corrected chi connectivity index (χ4v) is 2.37. The first-order chi connectivity index (χ1) is 8.86. The molecule has 0 aliphatic carbocycles. The molecule has 3 nitrogen and oxygen atoms in total. The maximum atomic E-state index is 9.16. The zero-order valence-corrected chi connectivity index (χ0v) is 9.88. The van der Waals surface area contributed by atoms with Gasteiger partial charge in [0.2, 0.25) is 0 Å². The summed E-state index contributed by atoms with van der Waals surface area (Å²) in [5, 5.41) is 12.7. The Bertz CT molecular complexity index is 600. The lowest BCUT2D eigenvalue weighted by Crippen LogP contribution is -1.92. The number of benzene rings is 3. The third-order valence-electron chi connectivity index (χ3n) is 3.13. The fourth-order valence-electron chi connectivity index (χ4n) is 2.37. The van der Waals surface area contributed by atoms with Crippen molar-refractivity contribution < 1.29 is 14.9 Å². The predicted molar refractivity (Wildman–Crippen MR) is 71.3 cm³/mol. The number of methoxy groups -OCH3 is 1. The van der Waals surface area contributed by atoms with Crippen molar-refractivity contribution in [3.8, 4) is 11.5 Å². The smallest absolute Gasteiger partial charge is 0.180 e. The molecule has 0 heterocycles. The van der Waals surface area contributed by atoms with Crippen LogP contribution in [0.15, 0.2) is 48.5 Å². The van der Waals surface area contributed by atoms with Gasteiger partial charge in [-0.1, -0.05) is 48.5 Å². The average molecular weight is 240 g/mol. The van der Waals surface area contributed by atoms with Crippen molar-refractivity contribution in [2.24, 2.45) is 0 Å². The zero-order valence-electron chi connectivity index (χ0n) is 9.88. The molecule has 0 saturated heterocycles. The second kappa shape index (κ2) is 4.20. The van der Waals surface area contributed by atoms with E-state index in [0.717, 1.165) is 27.3 Å². The van der Waals surface area contributed by atoms with Gasteiger partial charge in [0.1, 0.15) is 5.75 Å². The molecule has 0 fully saturated rings. The van der Waals surface area contributed by atoms with Crippen LogP contribution in [-0.4, -0.2) is 12.4 Å². The third-order valence-corrected chi connectivity index (χ3v) is 3.13. The molecule has 3 rings (SSSR count). The minimum atomic E-state index is 0.460. The molecule has 0 saturated carbocycles. The van der Waals surface area contributed by atoms with E-state index in [1.807, 2.05) is 48.5 Å². The van der Waals surface area contributed by atoms with Crippen LogP contribution in [0.1, 0.15) is 0 Å². The van der Waals surface area contributed by atoms with Crippen LogP contribution in [0.5, 0.6) is 11.5 Å². The summed E-state index contributed by atoms with van der Waals surface area (Å²) in [4.78, 5) is 4.58. The minimum absolute atomic E-state index is 0.460. The van der Waals surface area contributed by atoms with Gasteiger partial charge >= 0.3 is 0 Å². The summed E-state index contributed by atoms with van der Waals surface area (Å²) >= 11 is 0. The van der Waals surface area contributed by atoms with E-state index in [-0.39, 0.29) is 0 Å². The maximum absolute atomic E-state index is 9.16. The zero-order chi connectivity index (χ0) is 12.5. The van der Waals surface area contributed by atoms with Crippen LogP contribution >= 0.6 is 0 Å². The Balaban J connectivity index is 2.61. The Morgan fingerprint density at radius 1 is 0.722 bits per heavy atom. The highest BCUT2D eigenvalue weighted by Crippen LogP contribution is 2.41. The molecule has 18 heavy (non-hydrogen) atoms. The van der Waals surface area contributed by atoms with E-state index < -0.39 is 0 Å². The summed E-state index contributed by atoms with van der Waals surface area (Å²) in [6, 6.07) is 15.4. The van der Waals surface area contributed by atoms with Crippen LogP contribution < -0.4 is 9.62 Å². The molecule has 0 unspecified atom stereocenters. The second-order valence-electron chi connectivity index (χ2n) is 4.04. The molecular formula is C15H12O3. The van der Waals surface area contributed by atoms with Gasteiger partial charge in [-0.05, 0) is 0 Å². The Kier molecular flexibility index (Phi) is 2.54. The average Bonchev–Trinajstić information content (AvgIpc) is 2.44. The summed E-state index contributed by atoms with van der Waals surface area (Å²) in [6.45, 7) is 0. The lowest BCUT2D eigenvalue weighted by Gasteiger charge is -2.13. The van der Waals surface area contributed by atoms with E-state index in [1.54, 1.807) is 7.11 Å². The monoisotopic (exact) mass is 240 g/mol. The third kappa shape index (κ3) is 1.41. The lowest BCUT2D eigenvalue weighted by atomic mass is 10.0. The number of ether oxygens (including phenoxy) is 1. The molecule has 90 valence electrons. The van der Waals surface area contributed by atoms with E-state index in [9.17, 15) is 0 Å². The van der Waals surface area contributed by atoms with Crippen LogP contribution in [0.25, 0.3) is 21.5 Å². The van der Waals surface area contributed by atoms with E-state index in [0.29, 0.717) is 5.75 Å². The van der Waals surface area contributed by atoms with Gasteiger partial charge in [-0.15, -0.1) is 0 Å². The SMILES string of the molecule is COc1c2ccccc2c(OO)c2ccccc12. The van der Waals surface area contributed by atoms with E-state index in [4.69, 9.17) is 9.99 Å². The second-order valence-corrected chi connectivity index (χ2v) is 4.04. The van der Waals surface area contributed by atoms with Crippen LogP contribution in [0, 0.1) is 0 Å². The van der Waals surface area contributed by atoms with Gasteiger partial charge in [-0.2, -0.15) is 0 Å². The molecule has 0 spiro atoms. The topological polar surface area (TPSA) is 38.7 Å². The van der Waals surface area contributed by atoms with Gasteiger partial charge in [-0.25, -0.2) is 5.26 Å². The van der Waals surface area contributed by atoms with Crippen LogP contribution in [-0.2, 0) is 0 Å².